The summed E-state index contributed by atoms with van der Waals surface area (Å²) in [4.78, 5) is 22.4. The number of anilines is 1. The molecule has 1 aliphatic heterocycles. The third-order valence-electron chi connectivity index (χ3n) is 4.33. The van der Waals surface area contributed by atoms with E-state index in [-0.39, 0.29) is 5.56 Å². The summed E-state index contributed by atoms with van der Waals surface area (Å²) in [5.41, 5.74) is 2.13. The van der Waals surface area contributed by atoms with Crippen LogP contribution in [0.4, 0.5) is 5.95 Å². The minimum atomic E-state index is -0.131. The number of hydrogen-bond donors (Lipinski definition) is 1. The Bertz CT molecular complexity index is 890. The molecule has 0 unspecified atom stereocenters. The van der Waals surface area contributed by atoms with Crippen LogP contribution in [0.3, 0.4) is 0 Å². The van der Waals surface area contributed by atoms with Crippen molar-refractivity contribution in [2.24, 2.45) is 0 Å². The molecule has 0 bridgehead atoms. The highest BCUT2D eigenvalue weighted by atomic mass is 16.1. The van der Waals surface area contributed by atoms with Crippen molar-refractivity contribution < 1.29 is 0 Å². The predicted octanol–water partition coefficient (Wildman–Crippen LogP) is 2.25. The van der Waals surface area contributed by atoms with Gasteiger partial charge in [-0.25, -0.2) is 4.98 Å². The van der Waals surface area contributed by atoms with Crippen LogP contribution in [-0.2, 0) is 6.42 Å². The van der Waals surface area contributed by atoms with Crippen molar-refractivity contribution in [3.63, 3.8) is 0 Å². The normalized spacial score (nSPS) is 14.7. The van der Waals surface area contributed by atoms with Crippen LogP contribution in [0.25, 0.3) is 16.9 Å². The Hall–Kier alpha value is -2.63. The Morgan fingerprint density at radius 3 is 2.61 bits per heavy atom. The molecule has 0 saturated carbocycles. The number of aromatic nitrogens is 4. The molecule has 1 saturated heterocycles. The average Bonchev–Trinajstić information content (AvgIpc) is 3.22. The number of aromatic amines is 1. The fraction of sp³-hybridized carbons (Fsp3) is 0.353. The SMILES string of the molecule is CCc1nc(N2CCCC2)n2nc(-c3ccccc3)[nH]c(=O)c12. The molecule has 0 spiro atoms. The van der Waals surface area contributed by atoms with Crippen molar-refractivity contribution >= 4 is 11.5 Å². The number of fused-ring (bicyclic) bond motifs is 1. The molecule has 0 radical (unpaired) electrons. The van der Waals surface area contributed by atoms with Crippen molar-refractivity contribution in [1.82, 2.24) is 19.6 Å². The lowest BCUT2D eigenvalue weighted by molar-refractivity contribution is 0.822. The Balaban J connectivity index is 1.96. The quantitative estimate of drug-likeness (QED) is 0.806. The van der Waals surface area contributed by atoms with E-state index in [2.05, 4.69) is 15.0 Å². The summed E-state index contributed by atoms with van der Waals surface area (Å²) >= 11 is 0. The fourth-order valence-corrected chi connectivity index (χ4v) is 3.15. The van der Waals surface area contributed by atoms with Crippen molar-refractivity contribution in [3.8, 4) is 11.4 Å². The fourth-order valence-electron chi connectivity index (χ4n) is 3.15. The van der Waals surface area contributed by atoms with Gasteiger partial charge >= 0.3 is 0 Å². The smallest absolute Gasteiger partial charge is 0.277 e. The van der Waals surface area contributed by atoms with Gasteiger partial charge in [0, 0.05) is 18.7 Å². The summed E-state index contributed by atoms with van der Waals surface area (Å²) in [5.74, 6) is 1.36. The second kappa shape index (κ2) is 5.53. The number of benzene rings is 1. The third-order valence-corrected chi connectivity index (χ3v) is 4.33. The first-order valence-electron chi connectivity index (χ1n) is 8.10. The molecule has 0 aliphatic carbocycles. The molecule has 2 aromatic heterocycles. The van der Waals surface area contributed by atoms with Crippen molar-refractivity contribution in [3.05, 3.63) is 46.4 Å². The van der Waals surface area contributed by atoms with E-state index in [1.54, 1.807) is 4.52 Å². The summed E-state index contributed by atoms with van der Waals surface area (Å²) in [6, 6.07) is 9.70. The molecule has 6 nitrogen and oxygen atoms in total. The minimum absolute atomic E-state index is 0.131. The van der Waals surface area contributed by atoms with Crippen LogP contribution in [0.5, 0.6) is 0 Å². The molecule has 0 atom stereocenters. The van der Waals surface area contributed by atoms with Crippen LogP contribution in [0.2, 0.25) is 0 Å². The Labute approximate surface area is 133 Å². The van der Waals surface area contributed by atoms with Crippen LogP contribution >= 0.6 is 0 Å². The van der Waals surface area contributed by atoms with Gasteiger partial charge in [-0.2, -0.15) is 4.52 Å². The number of imidazole rings is 1. The molecule has 4 rings (SSSR count). The van der Waals surface area contributed by atoms with Crippen LogP contribution < -0.4 is 10.5 Å². The van der Waals surface area contributed by atoms with Gasteiger partial charge in [0.05, 0.1) is 5.69 Å². The molecule has 1 N–H and O–H groups in total. The number of aryl methyl sites for hydroxylation is 1. The molecule has 3 heterocycles. The molecule has 1 aliphatic rings. The van der Waals surface area contributed by atoms with E-state index in [4.69, 9.17) is 4.98 Å². The first kappa shape index (κ1) is 14.0. The van der Waals surface area contributed by atoms with Gasteiger partial charge in [0.1, 0.15) is 0 Å². The molecule has 23 heavy (non-hydrogen) atoms. The highest BCUT2D eigenvalue weighted by Gasteiger charge is 2.22. The minimum Gasteiger partial charge on any atom is -0.341 e. The molecule has 1 fully saturated rings. The lowest BCUT2D eigenvalue weighted by Crippen LogP contribution is -2.23. The van der Waals surface area contributed by atoms with E-state index in [0.717, 1.165) is 43.1 Å². The molecule has 1 aromatic carbocycles. The maximum atomic E-state index is 12.6. The second-order valence-corrected chi connectivity index (χ2v) is 5.84. The van der Waals surface area contributed by atoms with Crippen molar-refractivity contribution in [2.45, 2.75) is 26.2 Å². The van der Waals surface area contributed by atoms with Gasteiger partial charge in [-0.1, -0.05) is 37.3 Å². The zero-order chi connectivity index (χ0) is 15.8. The maximum Gasteiger partial charge on any atom is 0.277 e. The lowest BCUT2D eigenvalue weighted by atomic mass is 10.2. The average molecular weight is 309 g/mol. The third kappa shape index (κ3) is 2.30. The molecular formula is C17H19N5O. The number of rotatable bonds is 3. The summed E-state index contributed by atoms with van der Waals surface area (Å²) < 4.78 is 1.73. The highest BCUT2D eigenvalue weighted by molar-refractivity contribution is 5.61. The largest absolute Gasteiger partial charge is 0.341 e. The Morgan fingerprint density at radius 2 is 1.91 bits per heavy atom. The van der Waals surface area contributed by atoms with Crippen LogP contribution in [0.1, 0.15) is 25.5 Å². The van der Waals surface area contributed by atoms with Gasteiger partial charge in [-0.15, -0.1) is 5.10 Å². The topological polar surface area (TPSA) is 66.3 Å². The van der Waals surface area contributed by atoms with Gasteiger partial charge in [0.15, 0.2) is 11.3 Å². The molecule has 3 aromatic rings. The van der Waals surface area contributed by atoms with E-state index in [0.29, 0.717) is 17.8 Å². The standard InChI is InChI=1S/C17H19N5O/c1-2-13-14-16(23)19-15(12-8-4-3-5-9-12)20-22(14)17(18-13)21-10-6-7-11-21/h3-5,8-9H,2,6-7,10-11H2,1H3,(H,19,20,23). The van der Waals surface area contributed by atoms with Gasteiger partial charge in [-0.3, -0.25) is 4.79 Å². The van der Waals surface area contributed by atoms with Gasteiger partial charge in [0.25, 0.3) is 5.56 Å². The summed E-state index contributed by atoms with van der Waals surface area (Å²) in [5, 5.41) is 4.68. The first-order valence-corrected chi connectivity index (χ1v) is 8.10. The van der Waals surface area contributed by atoms with Crippen LogP contribution in [0.15, 0.2) is 35.1 Å². The van der Waals surface area contributed by atoms with E-state index < -0.39 is 0 Å². The Kier molecular flexibility index (Phi) is 3.37. The van der Waals surface area contributed by atoms with E-state index in [1.807, 2.05) is 37.3 Å². The molecule has 0 amide bonds. The number of nitrogens with one attached hydrogen (secondary N) is 1. The first-order chi connectivity index (χ1) is 11.3. The van der Waals surface area contributed by atoms with Crippen molar-refractivity contribution in [1.29, 1.82) is 0 Å². The van der Waals surface area contributed by atoms with Gasteiger partial charge < -0.3 is 9.88 Å². The molecule has 6 heteroatoms. The van der Waals surface area contributed by atoms with E-state index >= 15 is 0 Å². The predicted molar refractivity (Wildman–Crippen MR) is 89.9 cm³/mol. The van der Waals surface area contributed by atoms with Crippen molar-refractivity contribution in [2.75, 3.05) is 18.0 Å². The second-order valence-electron chi connectivity index (χ2n) is 5.84. The van der Waals surface area contributed by atoms with E-state index in [1.165, 1.54) is 0 Å². The summed E-state index contributed by atoms with van der Waals surface area (Å²) in [7, 11) is 0. The number of H-pyrrole nitrogens is 1. The summed E-state index contributed by atoms with van der Waals surface area (Å²) in [6.07, 6.45) is 3.03. The lowest BCUT2D eigenvalue weighted by Gasteiger charge is -2.14. The number of nitrogens with zero attached hydrogens (tertiary/aromatic N) is 4. The van der Waals surface area contributed by atoms with Gasteiger partial charge in [-0.05, 0) is 19.3 Å². The molecule has 118 valence electrons. The summed E-state index contributed by atoms with van der Waals surface area (Å²) in [6.45, 7) is 3.95. The maximum absolute atomic E-state index is 12.6. The zero-order valence-corrected chi connectivity index (χ0v) is 13.1. The monoisotopic (exact) mass is 309 g/mol. The zero-order valence-electron chi connectivity index (χ0n) is 13.1. The van der Waals surface area contributed by atoms with Crippen LogP contribution in [-0.4, -0.2) is 32.7 Å². The van der Waals surface area contributed by atoms with Crippen LogP contribution in [0, 0.1) is 0 Å². The van der Waals surface area contributed by atoms with E-state index in [9.17, 15) is 4.79 Å². The number of hydrogen-bond acceptors (Lipinski definition) is 4. The Morgan fingerprint density at radius 1 is 1.17 bits per heavy atom. The van der Waals surface area contributed by atoms with Gasteiger partial charge in [0.2, 0.25) is 5.95 Å². The molecular weight excluding hydrogens is 290 g/mol. The highest BCUT2D eigenvalue weighted by Crippen LogP contribution is 2.22.